The minimum atomic E-state index is -1.56. The average Bonchev–Trinajstić information content (AvgIpc) is 3.35. The quantitative estimate of drug-likeness (QED) is 0.0889. The van der Waals surface area contributed by atoms with E-state index >= 15 is 0 Å². The second kappa shape index (κ2) is 18.2. The molecule has 0 atom stereocenters. The van der Waals surface area contributed by atoms with Crippen molar-refractivity contribution in [2.75, 3.05) is 9.80 Å². The Morgan fingerprint density at radius 3 is 1.00 bits per heavy atom. The number of hydrogen-bond donors (Lipinski definition) is 0. The molecular formula is C66H68N2Si2. The van der Waals surface area contributed by atoms with Crippen molar-refractivity contribution in [3.05, 3.63) is 204 Å². The lowest BCUT2D eigenvalue weighted by Gasteiger charge is -2.33. The maximum atomic E-state index is 2.57. The summed E-state index contributed by atoms with van der Waals surface area (Å²) in [6.45, 7) is 28.6. The molecule has 0 aliphatic heterocycles. The van der Waals surface area contributed by atoms with Crippen LogP contribution in [-0.4, -0.2) is 16.1 Å². The first-order chi connectivity index (χ1) is 33.5. The van der Waals surface area contributed by atoms with Crippen LogP contribution in [0.25, 0.3) is 54.6 Å². The minimum Gasteiger partial charge on any atom is -0.310 e. The van der Waals surface area contributed by atoms with Crippen LogP contribution in [0.4, 0.5) is 34.1 Å². The highest BCUT2D eigenvalue weighted by Gasteiger charge is 2.28. The van der Waals surface area contributed by atoms with Gasteiger partial charge in [-0.3, -0.25) is 0 Å². The molecule has 0 fully saturated rings. The Morgan fingerprint density at radius 2 is 0.671 bits per heavy atom. The molecule has 4 heteroatoms. The second-order valence-corrected chi connectivity index (χ2v) is 32.5. The lowest BCUT2D eigenvalue weighted by atomic mass is 9.84. The molecule has 0 saturated heterocycles. The van der Waals surface area contributed by atoms with Crippen molar-refractivity contribution in [1.29, 1.82) is 0 Å². The van der Waals surface area contributed by atoms with Gasteiger partial charge in [-0.1, -0.05) is 211 Å². The molecule has 0 aliphatic rings. The van der Waals surface area contributed by atoms with Gasteiger partial charge >= 0.3 is 0 Å². The number of rotatable bonds is 12. The Balaban J connectivity index is 1.31. The number of benzene rings is 10. The highest BCUT2D eigenvalue weighted by Crippen LogP contribution is 2.52. The van der Waals surface area contributed by atoms with E-state index in [0.717, 1.165) is 0 Å². The first kappa shape index (κ1) is 47.0. The molecule has 0 radical (unpaired) electrons. The molecule has 0 bridgehead atoms. The molecule has 0 aliphatic carbocycles. The van der Waals surface area contributed by atoms with E-state index < -0.39 is 16.1 Å². The smallest absolute Gasteiger partial charge is 0.0775 e. The summed E-state index contributed by atoms with van der Waals surface area (Å²) in [5, 5.41) is 10.8. The first-order valence-electron chi connectivity index (χ1n) is 25.4. The number of nitrogens with zero attached hydrogens (tertiary/aromatic N) is 2. The van der Waals surface area contributed by atoms with Crippen LogP contribution >= 0.6 is 0 Å². The van der Waals surface area contributed by atoms with Gasteiger partial charge in [0.15, 0.2) is 0 Å². The standard InChI is InChI=1S/C66H68N2Si2/c1-43(2)59-41-63(67(51-27-31-53(32-28-51)69(7,8)9)61-39-49(25-23-45(61)5)47-19-15-13-16-20-47)57-38-36-56-60(44(3)4)42-64(58-37-35-55(59)65(57)66(56)58)68(52-29-33-54(34-30-52)70(10,11)12)62-40-50(26-24-46(62)6)48-21-17-14-18-22-48/h13-44H,1-12H3. The molecule has 0 amide bonds. The number of anilines is 6. The Morgan fingerprint density at radius 1 is 0.329 bits per heavy atom. The number of hydrogen-bond acceptors (Lipinski definition) is 2. The van der Waals surface area contributed by atoms with Gasteiger partial charge in [-0.25, -0.2) is 0 Å². The third kappa shape index (κ3) is 8.56. The minimum absolute atomic E-state index is 0.282. The van der Waals surface area contributed by atoms with Crippen LogP contribution in [0.2, 0.25) is 39.3 Å². The third-order valence-electron chi connectivity index (χ3n) is 14.7. The van der Waals surface area contributed by atoms with E-state index in [1.807, 2.05) is 0 Å². The summed E-state index contributed by atoms with van der Waals surface area (Å²) in [5.41, 5.74) is 17.2. The maximum Gasteiger partial charge on any atom is 0.0775 e. The molecule has 70 heavy (non-hydrogen) atoms. The molecule has 0 saturated carbocycles. The molecule has 10 rings (SSSR count). The molecule has 10 aromatic rings. The zero-order valence-corrected chi connectivity index (χ0v) is 45.4. The first-order valence-corrected chi connectivity index (χ1v) is 32.4. The molecule has 0 N–H and O–H groups in total. The van der Waals surface area contributed by atoms with Crippen LogP contribution < -0.4 is 20.2 Å². The van der Waals surface area contributed by atoms with Crippen molar-refractivity contribution < 1.29 is 0 Å². The van der Waals surface area contributed by atoms with E-state index in [2.05, 4.69) is 273 Å². The Hall–Kier alpha value is -6.73. The molecule has 0 heterocycles. The van der Waals surface area contributed by atoms with E-state index in [4.69, 9.17) is 0 Å². The van der Waals surface area contributed by atoms with Gasteiger partial charge in [0.2, 0.25) is 0 Å². The summed E-state index contributed by atoms with van der Waals surface area (Å²) in [7, 11) is -3.12. The fourth-order valence-corrected chi connectivity index (χ4v) is 13.0. The zero-order chi connectivity index (χ0) is 49.2. The van der Waals surface area contributed by atoms with Crippen molar-refractivity contribution >= 4 is 93.0 Å². The van der Waals surface area contributed by atoms with Crippen LogP contribution in [0.3, 0.4) is 0 Å². The maximum absolute atomic E-state index is 2.57. The second-order valence-electron chi connectivity index (χ2n) is 22.3. The van der Waals surface area contributed by atoms with Crippen molar-refractivity contribution in [3.63, 3.8) is 0 Å². The van der Waals surface area contributed by atoms with Gasteiger partial charge in [0.05, 0.1) is 27.5 Å². The van der Waals surface area contributed by atoms with E-state index in [-0.39, 0.29) is 11.8 Å². The molecule has 10 aromatic carbocycles. The SMILES string of the molecule is Cc1ccc(-c2ccccc2)cc1N(c1ccc([Si](C)(C)C)cc1)c1cc(C(C)C)c2ccc3c(N(c4ccc([Si](C)(C)C)cc4)c4cc(-c5ccccc5)ccc4C)cc(C(C)C)c4ccc1c2c43. The van der Waals surface area contributed by atoms with Gasteiger partial charge in [-0.05, 0) is 140 Å². The monoisotopic (exact) mass is 944 g/mol. The lowest BCUT2D eigenvalue weighted by molar-refractivity contribution is 0.875. The highest BCUT2D eigenvalue weighted by molar-refractivity contribution is 6.89. The fraction of sp³-hybridized carbons (Fsp3) is 0.212. The highest BCUT2D eigenvalue weighted by atomic mass is 28.3. The van der Waals surface area contributed by atoms with Crippen LogP contribution in [-0.2, 0) is 0 Å². The molecule has 0 spiro atoms. The van der Waals surface area contributed by atoms with Gasteiger partial charge in [0.1, 0.15) is 0 Å². The van der Waals surface area contributed by atoms with Gasteiger partial charge in [-0.15, -0.1) is 0 Å². The summed E-state index contributed by atoms with van der Waals surface area (Å²) in [4.78, 5) is 5.14. The van der Waals surface area contributed by atoms with E-state index in [9.17, 15) is 0 Å². The topological polar surface area (TPSA) is 6.48 Å². The van der Waals surface area contributed by atoms with Gasteiger partial charge in [-0.2, -0.15) is 0 Å². The summed E-state index contributed by atoms with van der Waals surface area (Å²) in [6.07, 6.45) is 0. The lowest BCUT2D eigenvalue weighted by Crippen LogP contribution is -2.37. The third-order valence-corrected chi connectivity index (χ3v) is 18.9. The van der Waals surface area contributed by atoms with Crippen molar-refractivity contribution in [2.24, 2.45) is 0 Å². The Bertz CT molecular complexity index is 3270. The number of aryl methyl sites for hydroxylation is 2. The van der Waals surface area contributed by atoms with Crippen LogP contribution in [0.5, 0.6) is 0 Å². The fourth-order valence-electron chi connectivity index (χ4n) is 10.7. The summed E-state index contributed by atoms with van der Waals surface area (Å²) >= 11 is 0. The van der Waals surface area contributed by atoms with Gasteiger partial charge in [0.25, 0.3) is 0 Å². The molecule has 0 unspecified atom stereocenters. The van der Waals surface area contributed by atoms with Crippen molar-refractivity contribution in [1.82, 2.24) is 0 Å². The van der Waals surface area contributed by atoms with Crippen LogP contribution in [0.15, 0.2) is 182 Å². The van der Waals surface area contributed by atoms with Crippen molar-refractivity contribution in [2.45, 2.75) is 92.7 Å². The average molecular weight is 945 g/mol. The molecule has 0 aromatic heterocycles. The van der Waals surface area contributed by atoms with Gasteiger partial charge in [0, 0.05) is 33.5 Å². The Kier molecular flexibility index (Phi) is 12.2. The normalized spacial score (nSPS) is 12.3. The molecular weight excluding hydrogens is 877 g/mol. The molecule has 2 nitrogen and oxygen atoms in total. The van der Waals surface area contributed by atoms with Crippen molar-refractivity contribution in [3.8, 4) is 22.3 Å². The predicted octanol–water partition coefficient (Wildman–Crippen LogP) is 18.8. The Labute approximate surface area is 419 Å². The van der Waals surface area contributed by atoms with E-state index in [1.54, 1.807) is 0 Å². The summed E-state index contributed by atoms with van der Waals surface area (Å²) in [5.74, 6) is 0.565. The zero-order valence-electron chi connectivity index (χ0n) is 43.4. The summed E-state index contributed by atoms with van der Waals surface area (Å²) in [6, 6.07) is 69.5. The van der Waals surface area contributed by atoms with Crippen LogP contribution in [0.1, 0.15) is 61.8 Å². The largest absolute Gasteiger partial charge is 0.310 e. The van der Waals surface area contributed by atoms with Gasteiger partial charge < -0.3 is 9.80 Å². The van der Waals surface area contributed by atoms with E-state index in [1.165, 1.54) is 121 Å². The van der Waals surface area contributed by atoms with Crippen LogP contribution in [0, 0.1) is 13.8 Å². The molecule has 350 valence electrons. The summed E-state index contributed by atoms with van der Waals surface area (Å²) < 4.78 is 0. The van der Waals surface area contributed by atoms with E-state index in [0.29, 0.717) is 0 Å². The predicted molar refractivity (Wildman–Crippen MR) is 314 cm³/mol.